The molecule has 0 aromatic heterocycles. The van der Waals surface area contributed by atoms with E-state index in [0.29, 0.717) is 11.3 Å². The molecule has 0 aliphatic rings. The van der Waals surface area contributed by atoms with Crippen LogP contribution in [0.5, 0.6) is 0 Å². The first-order valence-electron chi connectivity index (χ1n) is 7.04. The SMILES string of the molecule is CCc1cccc(CC)c1NC(=O)c1cc(N)ccc1Br. The lowest BCUT2D eigenvalue weighted by atomic mass is 10.0. The van der Waals surface area contributed by atoms with Gasteiger partial charge in [0.2, 0.25) is 0 Å². The molecular weight excluding hydrogens is 328 g/mol. The molecule has 0 unspecified atom stereocenters. The first-order valence-corrected chi connectivity index (χ1v) is 7.83. The van der Waals surface area contributed by atoms with E-state index in [1.807, 2.05) is 18.2 Å². The predicted molar refractivity (Wildman–Crippen MR) is 91.7 cm³/mol. The number of carbonyl (C=O) groups excluding carboxylic acids is 1. The van der Waals surface area contributed by atoms with Gasteiger partial charge in [0.15, 0.2) is 0 Å². The zero-order chi connectivity index (χ0) is 15.4. The number of aryl methyl sites for hydroxylation is 2. The zero-order valence-corrected chi connectivity index (χ0v) is 13.8. The number of halogens is 1. The van der Waals surface area contributed by atoms with Gasteiger partial charge in [-0.15, -0.1) is 0 Å². The Labute approximate surface area is 133 Å². The van der Waals surface area contributed by atoms with Crippen molar-refractivity contribution in [3.05, 3.63) is 57.6 Å². The van der Waals surface area contributed by atoms with E-state index in [2.05, 4.69) is 35.1 Å². The normalized spacial score (nSPS) is 10.4. The lowest BCUT2D eigenvalue weighted by Crippen LogP contribution is -2.15. The van der Waals surface area contributed by atoms with Crippen molar-refractivity contribution in [3.8, 4) is 0 Å². The average molecular weight is 347 g/mol. The van der Waals surface area contributed by atoms with Crippen molar-refractivity contribution in [2.45, 2.75) is 26.7 Å². The van der Waals surface area contributed by atoms with Gasteiger partial charge in [-0.3, -0.25) is 4.79 Å². The Balaban J connectivity index is 2.38. The molecule has 0 aliphatic heterocycles. The van der Waals surface area contributed by atoms with Crippen LogP contribution >= 0.6 is 15.9 Å². The second-order valence-electron chi connectivity index (χ2n) is 4.85. The highest BCUT2D eigenvalue weighted by molar-refractivity contribution is 9.10. The molecular formula is C17H19BrN2O. The fourth-order valence-corrected chi connectivity index (χ4v) is 2.73. The zero-order valence-electron chi connectivity index (χ0n) is 12.2. The molecule has 0 spiro atoms. The van der Waals surface area contributed by atoms with E-state index >= 15 is 0 Å². The molecule has 110 valence electrons. The first-order chi connectivity index (χ1) is 10.1. The topological polar surface area (TPSA) is 55.1 Å². The summed E-state index contributed by atoms with van der Waals surface area (Å²) < 4.78 is 0.737. The summed E-state index contributed by atoms with van der Waals surface area (Å²) in [4.78, 5) is 12.5. The van der Waals surface area contributed by atoms with Crippen LogP contribution in [0.4, 0.5) is 11.4 Å². The van der Waals surface area contributed by atoms with Crippen LogP contribution in [0.1, 0.15) is 35.3 Å². The minimum Gasteiger partial charge on any atom is -0.399 e. The van der Waals surface area contributed by atoms with Gasteiger partial charge in [-0.25, -0.2) is 0 Å². The lowest BCUT2D eigenvalue weighted by molar-refractivity contribution is 0.102. The molecule has 0 bridgehead atoms. The lowest BCUT2D eigenvalue weighted by Gasteiger charge is -2.15. The van der Waals surface area contributed by atoms with E-state index in [1.54, 1.807) is 18.2 Å². The summed E-state index contributed by atoms with van der Waals surface area (Å²) in [5.74, 6) is -0.148. The Morgan fingerprint density at radius 1 is 1.14 bits per heavy atom. The quantitative estimate of drug-likeness (QED) is 0.805. The van der Waals surface area contributed by atoms with Crippen LogP contribution in [0, 0.1) is 0 Å². The first kappa shape index (κ1) is 15.6. The van der Waals surface area contributed by atoms with Gasteiger partial charge in [0, 0.05) is 15.8 Å². The minimum atomic E-state index is -0.148. The number of anilines is 2. The molecule has 0 heterocycles. The Kier molecular flexibility index (Phi) is 5.02. The van der Waals surface area contributed by atoms with Gasteiger partial charge in [-0.05, 0) is 58.1 Å². The monoisotopic (exact) mass is 346 g/mol. The van der Waals surface area contributed by atoms with Gasteiger partial charge < -0.3 is 11.1 Å². The number of rotatable bonds is 4. The predicted octanol–water partition coefficient (Wildman–Crippen LogP) is 4.41. The van der Waals surface area contributed by atoms with Crippen LogP contribution in [-0.2, 0) is 12.8 Å². The highest BCUT2D eigenvalue weighted by atomic mass is 79.9. The highest BCUT2D eigenvalue weighted by Crippen LogP contribution is 2.25. The van der Waals surface area contributed by atoms with Gasteiger partial charge in [0.1, 0.15) is 0 Å². The number of carbonyl (C=O) groups is 1. The van der Waals surface area contributed by atoms with Gasteiger partial charge in [0.05, 0.1) is 5.56 Å². The van der Waals surface area contributed by atoms with E-state index in [-0.39, 0.29) is 5.91 Å². The number of para-hydroxylation sites is 1. The Morgan fingerprint density at radius 2 is 1.76 bits per heavy atom. The molecule has 0 fully saturated rings. The largest absolute Gasteiger partial charge is 0.399 e. The van der Waals surface area contributed by atoms with Gasteiger partial charge in [-0.1, -0.05) is 32.0 Å². The van der Waals surface area contributed by atoms with Crippen LogP contribution < -0.4 is 11.1 Å². The van der Waals surface area contributed by atoms with Crippen molar-refractivity contribution < 1.29 is 4.79 Å². The van der Waals surface area contributed by atoms with Crippen molar-refractivity contribution in [2.24, 2.45) is 0 Å². The summed E-state index contributed by atoms with van der Waals surface area (Å²) in [5, 5.41) is 3.04. The second kappa shape index (κ2) is 6.76. The molecule has 0 saturated carbocycles. The van der Waals surface area contributed by atoms with E-state index in [0.717, 1.165) is 34.1 Å². The van der Waals surface area contributed by atoms with Gasteiger partial charge in [-0.2, -0.15) is 0 Å². The molecule has 2 rings (SSSR count). The molecule has 0 radical (unpaired) electrons. The Hall–Kier alpha value is -1.81. The highest BCUT2D eigenvalue weighted by Gasteiger charge is 2.14. The molecule has 3 nitrogen and oxygen atoms in total. The van der Waals surface area contributed by atoms with Crippen LogP contribution in [0.2, 0.25) is 0 Å². The van der Waals surface area contributed by atoms with Crippen molar-refractivity contribution in [1.29, 1.82) is 0 Å². The molecule has 2 aromatic rings. The molecule has 1 amide bonds. The maximum atomic E-state index is 12.5. The smallest absolute Gasteiger partial charge is 0.256 e. The van der Waals surface area contributed by atoms with E-state index in [9.17, 15) is 4.79 Å². The molecule has 4 heteroatoms. The molecule has 3 N–H and O–H groups in total. The molecule has 21 heavy (non-hydrogen) atoms. The maximum absolute atomic E-state index is 12.5. The van der Waals surface area contributed by atoms with E-state index in [1.165, 1.54) is 0 Å². The third-order valence-corrected chi connectivity index (χ3v) is 4.16. The maximum Gasteiger partial charge on any atom is 0.256 e. The summed E-state index contributed by atoms with van der Waals surface area (Å²) in [5.41, 5.74) is 10.1. The van der Waals surface area contributed by atoms with Gasteiger partial charge in [0.25, 0.3) is 5.91 Å². The fourth-order valence-electron chi connectivity index (χ4n) is 2.30. The van der Waals surface area contributed by atoms with Crippen LogP contribution in [0.3, 0.4) is 0 Å². The summed E-state index contributed by atoms with van der Waals surface area (Å²) in [6, 6.07) is 11.4. The standard InChI is InChI=1S/C17H19BrN2O/c1-3-11-6-5-7-12(4-2)16(11)20-17(21)14-10-13(19)8-9-15(14)18/h5-10H,3-4,19H2,1-2H3,(H,20,21). The minimum absolute atomic E-state index is 0.148. The van der Waals surface area contributed by atoms with Crippen molar-refractivity contribution in [3.63, 3.8) is 0 Å². The third-order valence-electron chi connectivity index (χ3n) is 3.47. The number of nitrogen functional groups attached to an aromatic ring is 1. The Morgan fingerprint density at radius 3 is 2.33 bits per heavy atom. The number of hydrogen-bond donors (Lipinski definition) is 2. The molecule has 0 aliphatic carbocycles. The van der Waals surface area contributed by atoms with Crippen molar-refractivity contribution >= 4 is 33.2 Å². The number of benzene rings is 2. The molecule has 0 saturated heterocycles. The summed E-state index contributed by atoms with van der Waals surface area (Å²) >= 11 is 3.40. The Bertz CT molecular complexity index is 646. The molecule has 0 atom stereocenters. The number of nitrogens with one attached hydrogen (secondary N) is 1. The van der Waals surface area contributed by atoms with Gasteiger partial charge >= 0.3 is 0 Å². The summed E-state index contributed by atoms with van der Waals surface area (Å²) in [7, 11) is 0. The third kappa shape index (κ3) is 3.45. The van der Waals surface area contributed by atoms with Crippen molar-refractivity contribution in [2.75, 3.05) is 11.1 Å². The van der Waals surface area contributed by atoms with Crippen LogP contribution in [0.15, 0.2) is 40.9 Å². The number of hydrogen-bond acceptors (Lipinski definition) is 2. The average Bonchev–Trinajstić information content (AvgIpc) is 2.49. The number of nitrogens with two attached hydrogens (primary N) is 1. The summed E-state index contributed by atoms with van der Waals surface area (Å²) in [6.07, 6.45) is 1.75. The number of amides is 1. The van der Waals surface area contributed by atoms with Crippen LogP contribution in [-0.4, -0.2) is 5.91 Å². The summed E-state index contributed by atoms with van der Waals surface area (Å²) in [6.45, 7) is 4.17. The molecule has 2 aromatic carbocycles. The second-order valence-corrected chi connectivity index (χ2v) is 5.71. The fraction of sp³-hybridized carbons (Fsp3) is 0.235. The van der Waals surface area contributed by atoms with E-state index < -0.39 is 0 Å². The van der Waals surface area contributed by atoms with E-state index in [4.69, 9.17) is 5.73 Å². The van der Waals surface area contributed by atoms with Crippen LogP contribution in [0.25, 0.3) is 0 Å². The van der Waals surface area contributed by atoms with Crippen molar-refractivity contribution in [1.82, 2.24) is 0 Å².